The molecule has 0 unspecified atom stereocenters. The normalized spacial score (nSPS) is 20.2. The van der Waals surface area contributed by atoms with E-state index in [1.807, 2.05) is 53.4 Å². The molecule has 6 nitrogen and oxygen atoms in total. The number of halogens is 1. The number of hydrogen-bond donors (Lipinski definition) is 1. The summed E-state index contributed by atoms with van der Waals surface area (Å²) in [6, 6.07) is 19.4. The van der Waals surface area contributed by atoms with Gasteiger partial charge >= 0.3 is 6.03 Å². The summed E-state index contributed by atoms with van der Waals surface area (Å²) in [6.07, 6.45) is 4.42. The van der Waals surface area contributed by atoms with Crippen LogP contribution in [0.3, 0.4) is 0 Å². The van der Waals surface area contributed by atoms with Crippen LogP contribution in [-0.2, 0) is 6.54 Å². The highest BCUT2D eigenvalue weighted by Crippen LogP contribution is 2.33. The van der Waals surface area contributed by atoms with Crippen molar-refractivity contribution in [1.29, 1.82) is 0 Å². The maximum Gasteiger partial charge on any atom is 0.322 e. The van der Waals surface area contributed by atoms with E-state index in [0.717, 1.165) is 49.8 Å². The fourth-order valence-electron chi connectivity index (χ4n) is 4.67. The Labute approximate surface area is 192 Å². The summed E-state index contributed by atoms with van der Waals surface area (Å²) in [5, 5.41) is 3.67. The Bertz CT molecular complexity index is 1080. The second-order valence-electron chi connectivity index (χ2n) is 8.38. The number of carbonyl (C=O) groups excluding carboxylic acids is 1. The van der Waals surface area contributed by atoms with Gasteiger partial charge in [-0.2, -0.15) is 0 Å². The molecule has 0 saturated carbocycles. The fraction of sp³-hybridized carbons (Fsp3) is 0.280. The van der Waals surface area contributed by atoms with Crippen molar-refractivity contribution in [2.24, 2.45) is 5.92 Å². The number of aromatic nitrogens is 1. The number of fused-ring (bicyclic) bond motifs is 1. The Hall–Kier alpha value is -3.09. The summed E-state index contributed by atoms with van der Waals surface area (Å²) in [5.41, 5.74) is 1.93. The maximum absolute atomic E-state index is 12.8. The quantitative estimate of drug-likeness (QED) is 0.578. The van der Waals surface area contributed by atoms with E-state index in [1.165, 1.54) is 5.56 Å². The molecular weight excluding hydrogens is 424 g/mol. The lowest BCUT2D eigenvalue weighted by Gasteiger charge is -2.25. The number of ether oxygens (including phenoxy) is 1. The molecule has 164 valence electrons. The molecule has 7 heteroatoms. The van der Waals surface area contributed by atoms with Gasteiger partial charge in [0.05, 0.1) is 17.9 Å². The van der Waals surface area contributed by atoms with Gasteiger partial charge in [-0.15, -0.1) is 0 Å². The number of hydrogen-bond acceptors (Lipinski definition) is 4. The van der Waals surface area contributed by atoms with Crippen LogP contribution in [0.15, 0.2) is 73.1 Å². The van der Waals surface area contributed by atoms with Crippen molar-refractivity contribution in [2.45, 2.75) is 19.0 Å². The van der Waals surface area contributed by atoms with Gasteiger partial charge in [-0.1, -0.05) is 23.7 Å². The minimum atomic E-state index is -0.0364. The molecule has 1 aromatic heterocycles. The lowest BCUT2D eigenvalue weighted by Crippen LogP contribution is -2.42. The first-order valence-corrected chi connectivity index (χ1v) is 11.2. The molecule has 2 aliphatic rings. The monoisotopic (exact) mass is 448 g/mol. The Morgan fingerprint density at radius 1 is 1.09 bits per heavy atom. The van der Waals surface area contributed by atoms with Gasteiger partial charge in [0.25, 0.3) is 0 Å². The number of benzene rings is 2. The number of carbonyl (C=O) groups is 1. The van der Waals surface area contributed by atoms with Gasteiger partial charge in [0.1, 0.15) is 11.5 Å². The Kier molecular flexibility index (Phi) is 5.97. The number of likely N-dealkylation sites (tertiary alicyclic amines) is 2. The first kappa shape index (κ1) is 20.8. The molecule has 5 rings (SSSR count). The van der Waals surface area contributed by atoms with Crippen LogP contribution >= 0.6 is 11.6 Å². The zero-order valence-corrected chi connectivity index (χ0v) is 18.4. The van der Waals surface area contributed by atoms with Gasteiger partial charge < -0.3 is 15.0 Å². The third kappa shape index (κ3) is 4.71. The van der Waals surface area contributed by atoms with Gasteiger partial charge in [0.2, 0.25) is 0 Å². The SMILES string of the molecule is O=C(Nc1cccnc1)N1CC[C@@H]2CN(Cc3cccc(Oc4ccc(Cl)cc4)c3)C[C@@H]21. The number of amides is 2. The smallest absolute Gasteiger partial charge is 0.322 e. The zero-order chi connectivity index (χ0) is 21.9. The number of nitrogens with one attached hydrogen (secondary N) is 1. The summed E-state index contributed by atoms with van der Waals surface area (Å²) in [5.74, 6) is 2.09. The number of anilines is 1. The van der Waals surface area contributed by atoms with Crippen LogP contribution in [0.4, 0.5) is 10.5 Å². The molecule has 2 aliphatic heterocycles. The lowest BCUT2D eigenvalue weighted by atomic mass is 10.1. The molecule has 3 aromatic rings. The van der Waals surface area contributed by atoms with Crippen LogP contribution in [0.25, 0.3) is 0 Å². The summed E-state index contributed by atoms with van der Waals surface area (Å²) < 4.78 is 5.97. The largest absolute Gasteiger partial charge is 0.457 e. The Balaban J connectivity index is 1.20. The van der Waals surface area contributed by atoms with Crippen molar-refractivity contribution < 1.29 is 9.53 Å². The first-order valence-electron chi connectivity index (χ1n) is 10.9. The number of pyridine rings is 1. The molecule has 2 amide bonds. The van der Waals surface area contributed by atoms with Crippen molar-refractivity contribution >= 4 is 23.3 Å². The molecule has 2 atom stereocenters. The van der Waals surface area contributed by atoms with Crippen molar-refractivity contribution in [3.8, 4) is 11.5 Å². The van der Waals surface area contributed by atoms with Gasteiger partial charge in [-0.05, 0) is 66.4 Å². The van der Waals surface area contributed by atoms with Crippen molar-refractivity contribution in [3.05, 3.63) is 83.6 Å². The third-order valence-corrected chi connectivity index (χ3v) is 6.40. The number of nitrogens with zero attached hydrogens (tertiary/aromatic N) is 3. The predicted octanol–water partition coefficient (Wildman–Crippen LogP) is 5.27. The second kappa shape index (κ2) is 9.18. The molecule has 0 aliphatic carbocycles. The average molecular weight is 449 g/mol. The van der Waals surface area contributed by atoms with Crippen LogP contribution in [0.2, 0.25) is 5.02 Å². The van der Waals surface area contributed by atoms with Crippen LogP contribution in [0.1, 0.15) is 12.0 Å². The molecule has 3 heterocycles. The number of rotatable bonds is 5. The molecule has 2 saturated heterocycles. The molecular formula is C25H25ClN4O2. The molecule has 2 aromatic carbocycles. The molecule has 32 heavy (non-hydrogen) atoms. The molecule has 0 radical (unpaired) electrons. The van der Waals surface area contributed by atoms with Crippen molar-refractivity contribution in [1.82, 2.24) is 14.8 Å². The van der Waals surface area contributed by atoms with Crippen LogP contribution in [0, 0.1) is 5.92 Å². The van der Waals surface area contributed by atoms with E-state index in [-0.39, 0.29) is 12.1 Å². The minimum absolute atomic E-state index is 0.0364. The van der Waals surface area contributed by atoms with Crippen LogP contribution in [0.5, 0.6) is 11.5 Å². The maximum atomic E-state index is 12.8. The van der Waals surface area contributed by atoms with Gasteiger partial charge in [0, 0.05) is 37.4 Å². The second-order valence-corrected chi connectivity index (χ2v) is 8.82. The van der Waals surface area contributed by atoms with Gasteiger partial charge in [-0.3, -0.25) is 9.88 Å². The molecule has 1 N–H and O–H groups in total. The third-order valence-electron chi connectivity index (χ3n) is 6.15. The molecule has 2 fully saturated rings. The standard InChI is InChI=1S/C25H25ClN4O2/c26-20-6-8-22(9-7-20)32-23-5-1-3-18(13-23)15-29-16-19-10-12-30(24(19)17-29)25(31)28-21-4-2-11-27-14-21/h1-9,11,13-14,19,24H,10,12,15-17H2,(H,28,31)/t19-,24+/m1/s1. The van der Waals surface area contributed by atoms with E-state index in [9.17, 15) is 4.79 Å². The Morgan fingerprint density at radius 3 is 2.78 bits per heavy atom. The predicted molar refractivity (Wildman–Crippen MR) is 125 cm³/mol. The van der Waals surface area contributed by atoms with E-state index < -0.39 is 0 Å². The van der Waals surface area contributed by atoms with Crippen LogP contribution in [-0.4, -0.2) is 46.5 Å². The minimum Gasteiger partial charge on any atom is -0.457 e. The summed E-state index contributed by atoms with van der Waals surface area (Å²) in [6.45, 7) is 3.53. The summed E-state index contributed by atoms with van der Waals surface area (Å²) in [7, 11) is 0. The van der Waals surface area contributed by atoms with Crippen molar-refractivity contribution in [3.63, 3.8) is 0 Å². The summed E-state index contributed by atoms with van der Waals surface area (Å²) in [4.78, 5) is 21.3. The van der Waals surface area contributed by atoms with Crippen LogP contribution < -0.4 is 10.1 Å². The highest BCUT2D eigenvalue weighted by molar-refractivity contribution is 6.30. The average Bonchev–Trinajstić information content (AvgIpc) is 3.36. The van der Waals surface area contributed by atoms with E-state index in [0.29, 0.717) is 10.9 Å². The van der Waals surface area contributed by atoms with E-state index in [1.54, 1.807) is 12.4 Å². The highest BCUT2D eigenvalue weighted by atomic mass is 35.5. The summed E-state index contributed by atoms with van der Waals surface area (Å²) >= 11 is 5.95. The Morgan fingerprint density at radius 2 is 1.97 bits per heavy atom. The van der Waals surface area contributed by atoms with E-state index >= 15 is 0 Å². The zero-order valence-electron chi connectivity index (χ0n) is 17.7. The number of urea groups is 1. The van der Waals surface area contributed by atoms with E-state index in [4.69, 9.17) is 16.3 Å². The fourth-order valence-corrected chi connectivity index (χ4v) is 4.79. The van der Waals surface area contributed by atoms with Gasteiger partial charge in [-0.25, -0.2) is 4.79 Å². The first-order chi connectivity index (χ1) is 15.6. The van der Waals surface area contributed by atoms with E-state index in [2.05, 4.69) is 27.3 Å². The lowest BCUT2D eigenvalue weighted by molar-refractivity contribution is 0.199. The van der Waals surface area contributed by atoms with Gasteiger partial charge in [0.15, 0.2) is 0 Å². The molecule has 0 spiro atoms. The highest BCUT2D eigenvalue weighted by Gasteiger charge is 2.43. The topological polar surface area (TPSA) is 57.7 Å². The molecule has 0 bridgehead atoms. The van der Waals surface area contributed by atoms with Crippen molar-refractivity contribution in [2.75, 3.05) is 25.0 Å².